The molecule has 3 aromatic carbocycles. The van der Waals surface area contributed by atoms with Crippen LogP contribution in [0.3, 0.4) is 0 Å². The van der Waals surface area contributed by atoms with Gasteiger partial charge in [0, 0.05) is 24.3 Å². The summed E-state index contributed by atoms with van der Waals surface area (Å²) < 4.78 is 59.2. The van der Waals surface area contributed by atoms with Crippen LogP contribution in [0.5, 0.6) is 17.2 Å². The fourth-order valence-electron chi connectivity index (χ4n) is 3.32. The van der Waals surface area contributed by atoms with Crippen molar-refractivity contribution in [1.29, 1.82) is 5.26 Å². The molecule has 0 saturated heterocycles. The topological polar surface area (TPSA) is 181 Å². The second kappa shape index (κ2) is 13.5. The van der Waals surface area contributed by atoms with E-state index in [1.165, 1.54) is 6.92 Å². The number of halogens is 4. The van der Waals surface area contributed by atoms with E-state index in [0.29, 0.717) is 12.1 Å². The fraction of sp³-hybridized carbons (Fsp3) is 0.192. The van der Waals surface area contributed by atoms with Gasteiger partial charge < -0.3 is 18.9 Å². The normalized spacial score (nSPS) is 11.5. The molecule has 0 N–H and O–H groups in total. The van der Waals surface area contributed by atoms with E-state index < -0.39 is 69.1 Å². The molecule has 0 aliphatic carbocycles. The van der Waals surface area contributed by atoms with Gasteiger partial charge in [-0.3, -0.25) is 20.2 Å². The van der Waals surface area contributed by atoms with Crippen molar-refractivity contribution in [3.8, 4) is 23.3 Å². The average Bonchev–Trinajstić information content (AvgIpc) is 2.95. The van der Waals surface area contributed by atoms with E-state index in [4.69, 9.17) is 30.5 Å². The third-order valence-corrected chi connectivity index (χ3v) is 5.66. The van der Waals surface area contributed by atoms with Crippen LogP contribution in [-0.2, 0) is 20.4 Å². The third kappa shape index (κ3) is 8.30. The van der Waals surface area contributed by atoms with Gasteiger partial charge in [0.2, 0.25) is 0 Å². The lowest BCUT2D eigenvalue weighted by molar-refractivity contribution is -0.385. The van der Waals surface area contributed by atoms with Crippen molar-refractivity contribution in [3.63, 3.8) is 0 Å². The predicted octanol–water partition coefficient (Wildman–Crippen LogP) is 6.01. The fourth-order valence-corrected chi connectivity index (χ4v) is 3.54. The number of carbonyl (C=O) groups is 2. The second-order valence-electron chi connectivity index (χ2n) is 8.29. The lowest BCUT2D eigenvalue weighted by Crippen LogP contribution is -2.28. The third-order valence-electron chi connectivity index (χ3n) is 5.36. The van der Waals surface area contributed by atoms with Crippen molar-refractivity contribution in [2.75, 3.05) is 13.2 Å². The van der Waals surface area contributed by atoms with Crippen molar-refractivity contribution in [3.05, 3.63) is 96.5 Å². The first kappa shape index (κ1) is 32.1. The summed E-state index contributed by atoms with van der Waals surface area (Å²) >= 11 is 5.87. The summed E-state index contributed by atoms with van der Waals surface area (Å²) in [6.45, 7) is 0.217. The minimum atomic E-state index is -4.65. The molecule has 0 saturated carbocycles. The number of hydrogen-bond donors (Lipinski definition) is 0. The van der Waals surface area contributed by atoms with Gasteiger partial charge in [-0.05, 0) is 37.3 Å². The SMILES string of the molecule is CC(Oc1ccc([N+](=O)[O-])cc1C#N)C(=O)OCCOC(=O)c1cc(Oc2ccc(C(F)(F)F)cc2Cl)ccc1[N+](=O)[O-]. The van der Waals surface area contributed by atoms with E-state index in [0.717, 1.165) is 42.5 Å². The summed E-state index contributed by atoms with van der Waals surface area (Å²) in [4.78, 5) is 45.5. The van der Waals surface area contributed by atoms with E-state index in [9.17, 15) is 48.3 Å². The largest absolute Gasteiger partial charge is 0.478 e. The van der Waals surface area contributed by atoms with Gasteiger partial charge in [-0.25, -0.2) is 9.59 Å². The number of alkyl halides is 3. The zero-order chi connectivity index (χ0) is 31.9. The maximum absolute atomic E-state index is 12.9. The monoisotopic (exact) mass is 623 g/mol. The van der Waals surface area contributed by atoms with Gasteiger partial charge in [0.25, 0.3) is 11.4 Å². The molecular formula is C26H17ClF3N3O10. The minimum absolute atomic E-state index is 0.115. The molecule has 0 aliphatic heterocycles. The molecule has 0 fully saturated rings. The highest BCUT2D eigenvalue weighted by Gasteiger charge is 2.31. The van der Waals surface area contributed by atoms with Crippen LogP contribution in [0.4, 0.5) is 24.5 Å². The van der Waals surface area contributed by atoms with Crippen molar-refractivity contribution >= 4 is 34.9 Å². The Kier molecular flexibility index (Phi) is 10.1. The number of ether oxygens (including phenoxy) is 4. The minimum Gasteiger partial charge on any atom is -0.478 e. The molecule has 0 heterocycles. The molecule has 224 valence electrons. The zero-order valence-electron chi connectivity index (χ0n) is 21.6. The average molecular weight is 624 g/mol. The Balaban J connectivity index is 1.61. The molecule has 0 amide bonds. The molecule has 1 atom stereocenters. The molecule has 0 aliphatic rings. The number of rotatable bonds is 11. The predicted molar refractivity (Wildman–Crippen MR) is 139 cm³/mol. The van der Waals surface area contributed by atoms with Crippen molar-refractivity contribution in [1.82, 2.24) is 0 Å². The molecule has 0 radical (unpaired) electrons. The van der Waals surface area contributed by atoms with Crippen LogP contribution in [0, 0.1) is 31.6 Å². The molecule has 3 rings (SSSR count). The van der Waals surface area contributed by atoms with Crippen LogP contribution in [0.25, 0.3) is 0 Å². The van der Waals surface area contributed by atoms with Gasteiger partial charge in [0.1, 0.15) is 47.7 Å². The second-order valence-corrected chi connectivity index (χ2v) is 8.70. The highest BCUT2D eigenvalue weighted by Crippen LogP contribution is 2.37. The first-order valence-corrected chi connectivity index (χ1v) is 12.1. The Morgan fingerprint density at radius 1 is 0.977 bits per heavy atom. The Morgan fingerprint density at radius 2 is 1.65 bits per heavy atom. The van der Waals surface area contributed by atoms with Gasteiger partial charge in [0.15, 0.2) is 6.10 Å². The molecular weight excluding hydrogens is 607 g/mol. The van der Waals surface area contributed by atoms with Crippen LogP contribution in [0.1, 0.15) is 28.4 Å². The van der Waals surface area contributed by atoms with Gasteiger partial charge in [0.05, 0.1) is 20.4 Å². The smallest absolute Gasteiger partial charge is 0.416 e. The van der Waals surface area contributed by atoms with Crippen LogP contribution < -0.4 is 9.47 Å². The van der Waals surface area contributed by atoms with E-state index in [1.807, 2.05) is 0 Å². The summed E-state index contributed by atoms with van der Waals surface area (Å²) in [7, 11) is 0. The van der Waals surface area contributed by atoms with Crippen molar-refractivity contribution in [2.24, 2.45) is 0 Å². The van der Waals surface area contributed by atoms with Gasteiger partial charge in [-0.2, -0.15) is 18.4 Å². The molecule has 17 heteroatoms. The summed E-state index contributed by atoms with van der Waals surface area (Å²) in [5.41, 5.74) is -2.84. The number of nitrogens with zero attached hydrogens (tertiary/aromatic N) is 3. The standard InChI is InChI=1S/C26H17ClF3N3O10/c1-14(42-22-7-3-17(32(36)37)10-15(22)13-31)24(34)40-8-9-41-25(35)19-12-18(4-5-21(19)33(38)39)43-23-6-2-16(11-20(23)27)26(28,29)30/h2-7,10-12,14H,8-9H2,1H3. The van der Waals surface area contributed by atoms with Gasteiger partial charge >= 0.3 is 18.1 Å². The van der Waals surface area contributed by atoms with Crippen LogP contribution in [-0.4, -0.2) is 41.1 Å². The first-order chi connectivity index (χ1) is 20.2. The van der Waals surface area contributed by atoms with Gasteiger partial charge in [-0.15, -0.1) is 0 Å². The molecule has 3 aromatic rings. The van der Waals surface area contributed by atoms with E-state index in [-0.39, 0.29) is 28.5 Å². The van der Waals surface area contributed by atoms with Crippen LogP contribution >= 0.6 is 11.6 Å². The quantitative estimate of drug-likeness (QED) is 0.106. The number of nitro groups is 2. The number of non-ortho nitro benzene ring substituents is 1. The first-order valence-electron chi connectivity index (χ1n) is 11.7. The number of nitriles is 1. The summed E-state index contributed by atoms with van der Waals surface area (Å²) in [5, 5.41) is 31.0. The van der Waals surface area contributed by atoms with E-state index >= 15 is 0 Å². The molecule has 1 unspecified atom stereocenters. The van der Waals surface area contributed by atoms with Crippen LogP contribution in [0.15, 0.2) is 54.6 Å². The van der Waals surface area contributed by atoms with E-state index in [1.54, 1.807) is 6.07 Å². The Bertz CT molecular complexity index is 1620. The lowest BCUT2D eigenvalue weighted by atomic mass is 10.1. The van der Waals surface area contributed by atoms with Gasteiger partial charge in [-0.1, -0.05) is 11.6 Å². The maximum Gasteiger partial charge on any atom is 0.416 e. The Hall–Kier alpha value is -5.43. The molecule has 0 bridgehead atoms. The Morgan fingerprint density at radius 3 is 2.26 bits per heavy atom. The highest BCUT2D eigenvalue weighted by atomic mass is 35.5. The number of carbonyl (C=O) groups excluding carboxylic acids is 2. The number of nitro benzene ring substituents is 2. The molecule has 0 aromatic heterocycles. The molecule has 0 spiro atoms. The molecule has 13 nitrogen and oxygen atoms in total. The summed E-state index contributed by atoms with van der Waals surface area (Å²) in [6.07, 6.45) is -5.93. The number of hydrogen-bond acceptors (Lipinski definition) is 11. The number of esters is 2. The lowest BCUT2D eigenvalue weighted by Gasteiger charge is -2.15. The van der Waals surface area contributed by atoms with E-state index in [2.05, 4.69) is 0 Å². The number of benzene rings is 3. The zero-order valence-corrected chi connectivity index (χ0v) is 22.4. The van der Waals surface area contributed by atoms with Crippen LogP contribution in [0.2, 0.25) is 5.02 Å². The summed E-state index contributed by atoms with van der Waals surface area (Å²) in [5.74, 6) is -2.68. The summed E-state index contributed by atoms with van der Waals surface area (Å²) in [6, 6.07) is 10.1. The maximum atomic E-state index is 12.9. The van der Waals surface area contributed by atoms with Crippen molar-refractivity contribution < 1.29 is 51.6 Å². The highest BCUT2D eigenvalue weighted by molar-refractivity contribution is 6.32. The molecule has 43 heavy (non-hydrogen) atoms. The Labute approximate surface area is 244 Å². The van der Waals surface area contributed by atoms with Crippen molar-refractivity contribution in [2.45, 2.75) is 19.2 Å².